The fourth-order valence-electron chi connectivity index (χ4n) is 2.85. The first kappa shape index (κ1) is 15.3. The standard InChI is InChI=1S/C16H20N6O/c1-12-9-15(20-11-19-12)21(2)13-3-7-22(8-4-13)16(23)14-10-17-5-6-18-14/h5-6,9-11,13H,3-4,7-8H2,1-2H3. The van der Waals surface area contributed by atoms with E-state index in [9.17, 15) is 4.79 Å². The van der Waals surface area contributed by atoms with Crippen LogP contribution in [0, 0.1) is 6.92 Å². The van der Waals surface area contributed by atoms with E-state index in [1.54, 1.807) is 18.7 Å². The molecule has 1 aliphatic rings. The van der Waals surface area contributed by atoms with Gasteiger partial charge in [-0.15, -0.1) is 0 Å². The van der Waals surface area contributed by atoms with Gasteiger partial charge in [0, 0.05) is 50.3 Å². The summed E-state index contributed by atoms with van der Waals surface area (Å²) < 4.78 is 0. The van der Waals surface area contributed by atoms with Crippen LogP contribution in [0.1, 0.15) is 29.0 Å². The molecular formula is C16H20N6O. The van der Waals surface area contributed by atoms with Crippen LogP contribution in [0.15, 0.2) is 31.0 Å². The summed E-state index contributed by atoms with van der Waals surface area (Å²) in [6, 6.07) is 2.35. The van der Waals surface area contributed by atoms with Crippen molar-refractivity contribution in [2.24, 2.45) is 0 Å². The normalized spacial score (nSPS) is 15.5. The number of aromatic nitrogens is 4. The van der Waals surface area contributed by atoms with Gasteiger partial charge < -0.3 is 9.80 Å². The van der Waals surface area contributed by atoms with Gasteiger partial charge in [0.1, 0.15) is 17.8 Å². The van der Waals surface area contributed by atoms with E-state index in [0.717, 1.165) is 24.4 Å². The quantitative estimate of drug-likeness (QED) is 0.851. The molecule has 0 unspecified atom stereocenters. The van der Waals surface area contributed by atoms with Crippen molar-refractivity contribution < 1.29 is 4.79 Å². The summed E-state index contributed by atoms with van der Waals surface area (Å²) in [4.78, 5) is 32.9. The summed E-state index contributed by atoms with van der Waals surface area (Å²) >= 11 is 0. The molecule has 3 heterocycles. The van der Waals surface area contributed by atoms with Gasteiger partial charge in [-0.05, 0) is 19.8 Å². The van der Waals surface area contributed by atoms with Crippen LogP contribution in [0.3, 0.4) is 0 Å². The fraction of sp³-hybridized carbons (Fsp3) is 0.438. The highest BCUT2D eigenvalue weighted by molar-refractivity contribution is 5.92. The number of amides is 1. The molecule has 0 N–H and O–H groups in total. The Morgan fingerprint density at radius 3 is 2.65 bits per heavy atom. The van der Waals surface area contributed by atoms with Crippen molar-refractivity contribution in [3.63, 3.8) is 0 Å². The van der Waals surface area contributed by atoms with Gasteiger partial charge in [-0.3, -0.25) is 9.78 Å². The second-order valence-electron chi connectivity index (χ2n) is 5.74. The summed E-state index contributed by atoms with van der Waals surface area (Å²) in [6.07, 6.45) is 8.04. The zero-order valence-electron chi connectivity index (χ0n) is 13.4. The maximum atomic E-state index is 12.4. The van der Waals surface area contributed by atoms with Gasteiger partial charge in [0.2, 0.25) is 0 Å². The average molecular weight is 312 g/mol. The lowest BCUT2D eigenvalue weighted by Gasteiger charge is -2.37. The van der Waals surface area contributed by atoms with Crippen molar-refractivity contribution in [3.05, 3.63) is 42.4 Å². The number of carbonyl (C=O) groups is 1. The highest BCUT2D eigenvalue weighted by Gasteiger charge is 2.27. The smallest absolute Gasteiger partial charge is 0.274 e. The zero-order chi connectivity index (χ0) is 16.2. The minimum absolute atomic E-state index is 0.0444. The minimum atomic E-state index is -0.0444. The Labute approximate surface area is 135 Å². The van der Waals surface area contributed by atoms with Crippen LogP contribution >= 0.6 is 0 Å². The number of carbonyl (C=O) groups excluding carboxylic acids is 1. The number of hydrogen-bond donors (Lipinski definition) is 0. The lowest BCUT2D eigenvalue weighted by molar-refractivity contribution is 0.0706. The molecule has 1 saturated heterocycles. The molecule has 0 spiro atoms. The summed E-state index contributed by atoms with van der Waals surface area (Å²) in [5.41, 5.74) is 1.36. The van der Waals surface area contributed by atoms with Crippen LogP contribution in [-0.2, 0) is 0 Å². The molecule has 3 rings (SSSR count). The Balaban J connectivity index is 1.61. The summed E-state index contributed by atoms with van der Waals surface area (Å²) in [6.45, 7) is 3.39. The number of likely N-dealkylation sites (tertiary alicyclic amines) is 1. The number of nitrogens with zero attached hydrogens (tertiary/aromatic N) is 6. The first-order valence-electron chi connectivity index (χ1n) is 7.72. The summed E-state index contributed by atoms with van der Waals surface area (Å²) in [7, 11) is 2.05. The molecule has 0 bridgehead atoms. The van der Waals surface area contributed by atoms with Crippen LogP contribution in [0.25, 0.3) is 0 Å². The minimum Gasteiger partial charge on any atom is -0.356 e. The third-order valence-corrected chi connectivity index (χ3v) is 4.23. The first-order chi connectivity index (χ1) is 11.1. The van der Waals surface area contributed by atoms with Crippen LogP contribution < -0.4 is 4.90 Å². The van der Waals surface area contributed by atoms with Gasteiger partial charge >= 0.3 is 0 Å². The van der Waals surface area contributed by atoms with Gasteiger partial charge in [-0.2, -0.15) is 0 Å². The van der Waals surface area contributed by atoms with E-state index < -0.39 is 0 Å². The van der Waals surface area contributed by atoms with E-state index in [4.69, 9.17) is 0 Å². The molecule has 1 amide bonds. The number of piperidine rings is 1. The molecule has 7 nitrogen and oxygen atoms in total. The predicted octanol–water partition coefficient (Wildman–Crippen LogP) is 1.32. The molecule has 0 aromatic carbocycles. The molecule has 1 fully saturated rings. The SMILES string of the molecule is Cc1cc(N(C)C2CCN(C(=O)c3cnccn3)CC2)ncn1. The second kappa shape index (κ2) is 6.68. The summed E-state index contributed by atoms with van der Waals surface area (Å²) in [5.74, 6) is 0.883. The van der Waals surface area contributed by atoms with Crippen molar-refractivity contribution in [2.45, 2.75) is 25.8 Å². The van der Waals surface area contributed by atoms with Gasteiger partial charge in [-0.25, -0.2) is 15.0 Å². The van der Waals surface area contributed by atoms with E-state index in [2.05, 4.69) is 24.8 Å². The molecule has 0 radical (unpaired) electrons. The zero-order valence-corrected chi connectivity index (χ0v) is 13.4. The molecule has 0 saturated carbocycles. The van der Waals surface area contributed by atoms with E-state index in [1.807, 2.05) is 24.9 Å². The van der Waals surface area contributed by atoms with Gasteiger partial charge in [0.15, 0.2) is 0 Å². The topological polar surface area (TPSA) is 75.1 Å². The third-order valence-electron chi connectivity index (χ3n) is 4.23. The third kappa shape index (κ3) is 3.44. The van der Waals surface area contributed by atoms with E-state index >= 15 is 0 Å². The van der Waals surface area contributed by atoms with Gasteiger partial charge in [0.25, 0.3) is 5.91 Å². The molecule has 1 aliphatic heterocycles. The first-order valence-corrected chi connectivity index (χ1v) is 7.72. The van der Waals surface area contributed by atoms with Crippen molar-refractivity contribution in [1.29, 1.82) is 0 Å². The van der Waals surface area contributed by atoms with Crippen LogP contribution in [0.4, 0.5) is 5.82 Å². The van der Waals surface area contributed by atoms with Crippen molar-refractivity contribution in [2.75, 3.05) is 25.0 Å². The van der Waals surface area contributed by atoms with E-state index in [1.165, 1.54) is 6.20 Å². The van der Waals surface area contributed by atoms with Crippen molar-refractivity contribution in [3.8, 4) is 0 Å². The highest BCUT2D eigenvalue weighted by Crippen LogP contribution is 2.21. The number of hydrogen-bond acceptors (Lipinski definition) is 6. The predicted molar refractivity (Wildman–Crippen MR) is 86.1 cm³/mol. The molecular weight excluding hydrogens is 292 g/mol. The Morgan fingerprint density at radius 1 is 1.22 bits per heavy atom. The maximum absolute atomic E-state index is 12.4. The molecule has 0 atom stereocenters. The molecule has 2 aromatic heterocycles. The Kier molecular flexibility index (Phi) is 4.45. The highest BCUT2D eigenvalue weighted by atomic mass is 16.2. The fourth-order valence-corrected chi connectivity index (χ4v) is 2.85. The van der Waals surface area contributed by atoms with E-state index in [0.29, 0.717) is 24.8 Å². The number of aryl methyl sites for hydroxylation is 1. The molecule has 120 valence electrons. The molecule has 0 aliphatic carbocycles. The summed E-state index contributed by atoms with van der Waals surface area (Å²) in [5, 5.41) is 0. The Morgan fingerprint density at radius 2 is 2.00 bits per heavy atom. The van der Waals surface area contributed by atoms with Crippen molar-refractivity contribution in [1.82, 2.24) is 24.8 Å². The molecule has 2 aromatic rings. The second-order valence-corrected chi connectivity index (χ2v) is 5.74. The molecule has 7 heteroatoms. The largest absolute Gasteiger partial charge is 0.356 e. The molecule has 23 heavy (non-hydrogen) atoms. The Bertz CT molecular complexity index is 669. The maximum Gasteiger partial charge on any atom is 0.274 e. The lowest BCUT2D eigenvalue weighted by Crippen LogP contribution is -2.46. The number of rotatable bonds is 3. The van der Waals surface area contributed by atoms with Gasteiger partial charge in [-0.1, -0.05) is 0 Å². The van der Waals surface area contributed by atoms with Crippen LogP contribution in [-0.4, -0.2) is 56.9 Å². The van der Waals surface area contributed by atoms with Crippen molar-refractivity contribution >= 4 is 11.7 Å². The van der Waals surface area contributed by atoms with Crippen LogP contribution in [0.5, 0.6) is 0 Å². The monoisotopic (exact) mass is 312 g/mol. The van der Waals surface area contributed by atoms with E-state index in [-0.39, 0.29) is 5.91 Å². The lowest BCUT2D eigenvalue weighted by atomic mass is 10.0. The number of anilines is 1. The Hall–Kier alpha value is -2.57. The average Bonchev–Trinajstić information content (AvgIpc) is 2.61. The van der Waals surface area contributed by atoms with Crippen LogP contribution in [0.2, 0.25) is 0 Å². The van der Waals surface area contributed by atoms with Gasteiger partial charge in [0.05, 0.1) is 6.20 Å².